The van der Waals surface area contributed by atoms with Crippen LogP contribution in [0.25, 0.3) is 27.9 Å². The van der Waals surface area contributed by atoms with Crippen molar-refractivity contribution >= 4 is 34.1 Å². The topological polar surface area (TPSA) is 55.6 Å². The van der Waals surface area contributed by atoms with Gasteiger partial charge in [-0.25, -0.2) is 9.38 Å². The van der Waals surface area contributed by atoms with Crippen molar-refractivity contribution in [3.05, 3.63) is 83.4 Å². The number of fused-ring (bicyclic) bond motifs is 3. The second-order valence-electron chi connectivity index (χ2n) is 9.08. The van der Waals surface area contributed by atoms with E-state index >= 15 is 0 Å². The standard InChI is InChI=1S/C28H26ClN5O/c1-35-25-10-6-5-9-23(25)27-32-31-26-22-12-11-21(29)18-24(22)30-28(34(26)27)33-15-13-20(14-16-33)17-19-7-3-2-4-8-19/h2-12,18,20H,13-17H2,1H3. The molecule has 35 heavy (non-hydrogen) atoms. The molecule has 1 aliphatic rings. The third-order valence-corrected chi connectivity index (χ3v) is 7.13. The Labute approximate surface area is 209 Å². The molecular weight excluding hydrogens is 458 g/mol. The molecule has 3 aromatic carbocycles. The fraction of sp³-hybridized carbons (Fsp3) is 0.250. The molecule has 0 atom stereocenters. The fourth-order valence-electron chi connectivity index (χ4n) is 5.09. The van der Waals surface area contributed by atoms with Crippen LogP contribution < -0.4 is 9.64 Å². The van der Waals surface area contributed by atoms with Gasteiger partial charge >= 0.3 is 0 Å². The second-order valence-corrected chi connectivity index (χ2v) is 9.51. The fourth-order valence-corrected chi connectivity index (χ4v) is 5.26. The van der Waals surface area contributed by atoms with E-state index in [-0.39, 0.29) is 0 Å². The lowest BCUT2D eigenvalue weighted by Gasteiger charge is -2.33. The Morgan fingerprint density at radius 2 is 1.71 bits per heavy atom. The van der Waals surface area contributed by atoms with Crippen LogP contribution in [0.3, 0.4) is 0 Å². The van der Waals surface area contributed by atoms with Gasteiger partial charge in [0.1, 0.15) is 5.75 Å². The van der Waals surface area contributed by atoms with Crippen LogP contribution in [0, 0.1) is 5.92 Å². The normalized spacial score (nSPS) is 14.6. The lowest BCUT2D eigenvalue weighted by Crippen LogP contribution is -2.36. The number of halogens is 1. The van der Waals surface area contributed by atoms with Crippen LogP contribution in [-0.2, 0) is 6.42 Å². The van der Waals surface area contributed by atoms with Crippen LogP contribution >= 0.6 is 11.6 Å². The molecule has 1 fully saturated rings. The summed E-state index contributed by atoms with van der Waals surface area (Å²) >= 11 is 6.33. The number of piperidine rings is 1. The third kappa shape index (κ3) is 4.08. The van der Waals surface area contributed by atoms with Gasteiger partial charge in [-0.15, -0.1) is 10.2 Å². The van der Waals surface area contributed by atoms with Gasteiger partial charge in [0.2, 0.25) is 5.95 Å². The number of aromatic nitrogens is 4. The molecule has 0 N–H and O–H groups in total. The molecule has 176 valence electrons. The molecule has 0 bridgehead atoms. The van der Waals surface area contributed by atoms with E-state index in [4.69, 9.17) is 21.3 Å². The molecular formula is C28H26ClN5O. The second kappa shape index (κ2) is 9.19. The highest BCUT2D eigenvalue weighted by atomic mass is 35.5. The monoisotopic (exact) mass is 483 g/mol. The van der Waals surface area contributed by atoms with Gasteiger partial charge in [-0.3, -0.25) is 0 Å². The average Bonchev–Trinajstić information content (AvgIpc) is 3.34. The van der Waals surface area contributed by atoms with Crippen molar-refractivity contribution in [3.8, 4) is 17.1 Å². The minimum Gasteiger partial charge on any atom is -0.496 e. The minimum atomic E-state index is 0.659. The highest BCUT2D eigenvalue weighted by Gasteiger charge is 2.26. The first kappa shape index (κ1) is 21.9. The van der Waals surface area contributed by atoms with Crippen LogP contribution in [0.1, 0.15) is 18.4 Å². The van der Waals surface area contributed by atoms with Crippen LogP contribution in [0.2, 0.25) is 5.02 Å². The highest BCUT2D eigenvalue weighted by Crippen LogP contribution is 2.35. The van der Waals surface area contributed by atoms with Gasteiger partial charge in [-0.1, -0.05) is 54.1 Å². The lowest BCUT2D eigenvalue weighted by molar-refractivity contribution is 0.400. The van der Waals surface area contributed by atoms with Gasteiger partial charge in [0.25, 0.3) is 0 Å². The van der Waals surface area contributed by atoms with Crippen LogP contribution in [0.5, 0.6) is 5.75 Å². The van der Waals surface area contributed by atoms with Gasteiger partial charge in [-0.2, -0.15) is 0 Å². The van der Waals surface area contributed by atoms with E-state index in [1.807, 2.05) is 42.5 Å². The zero-order valence-electron chi connectivity index (χ0n) is 19.6. The third-order valence-electron chi connectivity index (χ3n) is 6.90. The Hall–Kier alpha value is -3.64. The van der Waals surface area contributed by atoms with Crippen LogP contribution in [0.4, 0.5) is 5.95 Å². The van der Waals surface area contributed by atoms with E-state index < -0.39 is 0 Å². The van der Waals surface area contributed by atoms with Crippen molar-refractivity contribution in [1.82, 2.24) is 19.6 Å². The number of rotatable bonds is 5. The first-order valence-corrected chi connectivity index (χ1v) is 12.4. The first-order chi connectivity index (χ1) is 17.2. The summed E-state index contributed by atoms with van der Waals surface area (Å²) in [5, 5.41) is 10.8. The number of anilines is 1. The summed E-state index contributed by atoms with van der Waals surface area (Å²) in [6.45, 7) is 1.85. The van der Waals surface area contributed by atoms with Gasteiger partial charge < -0.3 is 9.64 Å². The molecule has 0 saturated carbocycles. The number of nitrogens with zero attached hydrogens (tertiary/aromatic N) is 5. The molecule has 2 aromatic heterocycles. The van der Waals surface area contributed by atoms with E-state index in [0.29, 0.717) is 10.9 Å². The quantitative estimate of drug-likeness (QED) is 0.304. The van der Waals surface area contributed by atoms with Gasteiger partial charge in [-0.05, 0) is 61.1 Å². The summed E-state index contributed by atoms with van der Waals surface area (Å²) in [6.07, 6.45) is 3.33. The molecule has 6 nitrogen and oxygen atoms in total. The molecule has 1 aliphatic heterocycles. The SMILES string of the molecule is COc1ccccc1-c1nnc2c3ccc(Cl)cc3nc(N3CCC(Cc4ccccc4)CC3)n12. The van der Waals surface area contributed by atoms with E-state index in [1.54, 1.807) is 7.11 Å². The summed E-state index contributed by atoms with van der Waals surface area (Å²) in [5.74, 6) is 2.99. The number of benzene rings is 3. The lowest BCUT2D eigenvalue weighted by atomic mass is 9.90. The Kier molecular flexibility index (Phi) is 5.74. The van der Waals surface area contributed by atoms with E-state index in [9.17, 15) is 0 Å². The minimum absolute atomic E-state index is 0.659. The Bertz CT molecular complexity index is 1490. The van der Waals surface area contributed by atoms with Crippen molar-refractivity contribution in [2.45, 2.75) is 19.3 Å². The van der Waals surface area contributed by atoms with Gasteiger partial charge in [0.15, 0.2) is 11.5 Å². The van der Waals surface area contributed by atoms with Gasteiger partial charge in [0.05, 0.1) is 18.2 Å². The van der Waals surface area contributed by atoms with Crippen LogP contribution in [0.15, 0.2) is 72.8 Å². The zero-order valence-corrected chi connectivity index (χ0v) is 20.3. The van der Waals surface area contributed by atoms with Crippen molar-refractivity contribution in [2.75, 3.05) is 25.1 Å². The summed E-state index contributed by atoms with van der Waals surface area (Å²) in [4.78, 5) is 7.45. The van der Waals surface area contributed by atoms with Crippen molar-refractivity contribution < 1.29 is 4.74 Å². The number of methoxy groups -OCH3 is 1. The van der Waals surface area contributed by atoms with Crippen molar-refractivity contribution in [2.24, 2.45) is 5.92 Å². The van der Waals surface area contributed by atoms with Crippen LogP contribution in [-0.4, -0.2) is 39.8 Å². The molecule has 0 radical (unpaired) electrons. The number of hydrogen-bond donors (Lipinski definition) is 0. The average molecular weight is 484 g/mol. The molecule has 3 heterocycles. The summed E-state index contributed by atoms with van der Waals surface area (Å²) in [5.41, 5.74) is 3.89. The van der Waals surface area contributed by atoms with Crippen molar-refractivity contribution in [1.29, 1.82) is 0 Å². The largest absolute Gasteiger partial charge is 0.496 e. The van der Waals surface area contributed by atoms with Crippen molar-refractivity contribution in [3.63, 3.8) is 0 Å². The number of ether oxygens (including phenoxy) is 1. The predicted octanol–water partition coefficient (Wildman–Crippen LogP) is 6.07. The summed E-state index contributed by atoms with van der Waals surface area (Å²) in [6, 6.07) is 24.4. The maximum Gasteiger partial charge on any atom is 0.213 e. The zero-order chi connectivity index (χ0) is 23.8. The maximum atomic E-state index is 6.33. The Morgan fingerprint density at radius 1 is 0.943 bits per heavy atom. The molecule has 5 aromatic rings. The first-order valence-electron chi connectivity index (χ1n) is 12.0. The maximum absolute atomic E-state index is 6.33. The molecule has 0 aliphatic carbocycles. The Morgan fingerprint density at radius 3 is 2.51 bits per heavy atom. The van der Waals surface area contributed by atoms with E-state index in [0.717, 1.165) is 72.0 Å². The number of para-hydroxylation sites is 1. The Balaban J connectivity index is 1.42. The summed E-state index contributed by atoms with van der Waals surface area (Å²) in [7, 11) is 1.68. The molecule has 0 unspecified atom stereocenters. The van der Waals surface area contributed by atoms with Gasteiger partial charge in [0, 0.05) is 23.5 Å². The molecule has 7 heteroatoms. The predicted molar refractivity (Wildman–Crippen MR) is 140 cm³/mol. The number of hydrogen-bond acceptors (Lipinski definition) is 5. The molecule has 0 spiro atoms. The molecule has 1 saturated heterocycles. The molecule has 6 rings (SSSR count). The summed E-state index contributed by atoms with van der Waals surface area (Å²) < 4.78 is 7.72. The molecule has 0 amide bonds. The smallest absolute Gasteiger partial charge is 0.213 e. The van der Waals surface area contributed by atoms with E-state index in [2.05, 4.69) is 49.8 Å². The van der Waals surface area contributed by atoms with E-state index in [1.165, 1.54) is 5.56 Å². The highest BCUT2D eigenvalue weighted by molar-refractivity contribution is 6.31.